The molecule has 0 aliphatic carbocycles. The van der Waals surface area contributed by atoms with Gasteiger partial charge >= 0.3 is 0 Å². The molecule has 0 radical (unpaired) electrons. The molecular formula is C13H6Cl3IO. The van der Waals surface area contributed by atoms with Gasteiger partial charge in [0, 0.05) is 19.7 Å². The van der Waals surface area contributed by atoms with Gasteiger partial charge in [-0.3, -0.25) is 4.79 Å². The van der Waals surface area contributed by atoms with Gasteiger partial charge in [-0.25, -0.2) is 0 Å². The number of rotatable bonds is 2. The molecule has 2 aromatic rings. The van der Waals surface area contributed by atoms with Gasteiger partial charge in [0.15, 0.2) is 5.78 Å². The van der Waals surface area contributed by atoms with Gasteiger partial charge < -0.3 is 0 Å². The minimum atomic E-state index is -0.194. The largest absolute Gasteiger partial charge is 0.289 e. The van der Waals surface area contributed by atoms with Crippen LogP contribution in [0.25, 0.3) is 0 Å². The summed E-state index contributed by atoms with van der Waals surface area (Å²) in [5.74, 6) is -0.194. The molecule has 1 nitrogen and oxygen atoms in total. The molecule has 0 bridgehead atoms. The molecular weight excluding hydrogens is 405 g/mol. The number of ketones is 1. The van der Waals surface area contributed by atoms with Gasteiger partial charge in [0.2, 0.25) is 0 Å². The maximum atomic E-state index is 12.3. The summed E-state index contributed by atoms with van der Waals surface area (Å²) in [6, 6.07) is 9.93. The summed E-state index contributed by atoms with van der Waals surface area (Å²) in [5, 5.41) is 1.39. The van der Waals surface area contributed by atoms with Gasteiger partial charge in [-0.2, -0.15) is 0 Å². The molecule has 18 heavy (non-hydrogen) atoms. The van der Waals surface area contributed by atoms with Crippen molar-refractivity contribution in [1.82, 2.24) is 0 Å². The third kappa shape index (κ3) is 2.99. The molecule has 0 saturated heterocycles. The van der Waals surface area contributed by atoms with E-state index < -0.39 is 0 Å². The highest BCUT2D eigenvalue weighted by Crippen LogP contribution is 2.26. The Labute approximate surface area is 133 Å². The van der Waals surface area contributed by atoms with E-state index in [1.807, 2.05) is 0 Å². The van der Waals surface area contributed by atoms with Crippen LogP contribution in [0.5, 0.6) is 0 Å². The molecule has 2 rings (SSSR count). The standard InChI is InChI=1S/C13H6Cl3IO/c14-8-2-3-10(15)9(6-8)13(18)7-1-4-12(17)11(16)5-7/h1-6H. The number of benzene rings is 2. The first kappa shape index (κ1) is 14.1. The van der Waals surface area contributed by atoms with E-state index in [1.165, 1.54) is 0 Å². The molecule has 0 unspecified atom stereocenters. The predicted molar refractivity (Wildman–Crippen MR) is 84.1 cm³/mol. The quantitative estimate of drug-likeness (QED) is 0.472. The van der Waals surface area contributed by atoms with Gasteiger partial charge in [-0.15, -0.1) is 0 Å². The fourth-order valence-corrected chi connectivity index (χ4v) is 2.36. The number of halogens is 4. The Balaban J connectivity index is 2.47. The van der Waals surface area contributed by atoms with Crippen molar-refractivity contribution in [2.75, 3.05) is 0 Å². The zero-order valence-electron chi connectivity index (χ0n) is 8.88. The van der Waals surface area contributed by atoms with Gasteiger partial charge in [0.1, 0.15) is 0 Å². The van der Waals surface area contributed by atoms with Crippen molar-refractivity contribution in [2.24, 2.45) is 0 Å². The third-order valence-corrected chi connectivity index (χ3v) is 4.49. The normalized spacial score (nSPS) is 10.4. The smallest absolute Gasteiger partial charge is 0.194 e. The average molecular weight is 411 g/mol. The minimum absolute atomic E-state index is 0.194. The Morgan fingerprint density at radius 1 is 0.944 bits per heavy atom. The monoisotopic (exact) mass is 410 g/mol. The van der Waals surface area contributed by atoms with Crippen molar-refractivity contribution in [2.45, 2.75) is 0 Å². The highest BCUT2D eigenvalue weighted by Gasteiger charge is 2.14. The van der Waals surface area contributed by atoms with Crippen LogP contribution in [-0.4, -0.2) is 5.78 Å². The highest BCUT2D eigenvalue weighted by molar-refractivity contribution is 14.1. The summed E-state index contributed by atoms with van der Waals surface area (Å²) in [6.07, 6.45) is 0. The minimum Gasteiger partial charge on any atom is -0.289 e. The Kier molecular flexibility index (Phi) is 4.54. The second kappa shape index (κ2) is 5.78. The molecule has 0 saturated carbocycles. The van der Waals surface area contributed by atoms with Gasteiger partial charge in [-0.1, -0.05) is 34.8 Å². The first-order valence-electron chi connectivity index (χ1n) is 4.94. The Hall–Kier alpha value is -0.290. The number of carbonyl (C=O) groups excluding carboxylic acids is 1. The lowest BCUT2D eigenvalue weighted by Gasteiger charge is -2.05. The average Bonchev–Trinajstić information content (AvgIpc) is 2.35. The van der Waals surface area contributed by atoms with E-state index in [-0.39, 0.29) is 5.78 Å². The number of hydrogen-bond donors (Lipinski definition) is 0. The SMILES string of the molecule is O=C(c1ccc(I)c(Cl)c1)c1cc(Cl)ccc1Cl. The van der Waals surface area contributed by atoms with Crippen molar-refractivity contribution < 1.29 is 4.79 Å². The van der Waals surface area contributed by atoms with E-state index in [1.54, 1.807) is 36.4 Å². The Bertz CT molecular complexity index is 626. The fourth-order valence-electron chi connectivity index (χ4n) is 1.46. The summed E-state index contributed by atoms with van der Waals surface area (Å²) in [7, 11) is 0. The Morgan fingerprint density at radius 2 is 1.67 bits per heavy atom. The molecule has 0 atom stereocenters. The van der Waals surface area contributed by atoms with E-state index >= 15 is 0 Å². The van der Waals surface area contributed by atoms with E-state index in [0.29, 0.717) is 26.2 Å². The molecule has 0 aliphatic rings. The maximum absolute atomic E-state index is 12.3. The van der Waals surface area contributed by atoms with Crippen LogP contribution < -0.4 is 0 Å². The van der Waals surface area contributed by atoms with Crippen LogP contribution in [-0.2, 0) is 0 Å². The van der Waals surface area contributed by atoms with Crippen LogP contribution in [0.3, 0.4) is 0 Å². The summed E-state index contributed by atoms with van der Waals surface area (Å²) < 4.78 is 0.892. The molecule has 5 heteroatoms. The second-order valence-electron chi connectivity index (χ2n) is 3.58. The van der Waals surface area contributed by atoms with Gasteiger partial charge in [-0.05, 0) is 59.0 Å². The van der Waals surface area contributed by atoms with Crippen LogP contribution in [0.2, 0.25) is 15.1 Å². The van der Waals surface area contributed by atoms with Crippen LogP contribution >= 0.6 is 57.4 Å². The topological polar surface area (TPSA) is 17.1 Å². The van der Waals surface area contributed by atoms with Crippen molar-refractivity contribution >= 4 is 63.2 Å². The molecule has 0 aliphatic heterocycles. The first-order valence-corrected chi connectivity index (χ1v) is 7.15. The molecule has 92 valence electrons. The molecule has 2 aromatic carbocycles. The zero-order valence-corrected chi connectivity index (χ0v) is 13.3. The molecule has 0 spiro atoms. The van der Waals surface area contributed by atoms with E-state index in [0.717, 1.165) is 3.57 Å². The van der Waals surface area contributed by atoms with E-state index in [9.17, 15) is 4.79 Å². The predicted octanol–water partition coefficient (Wildman–Crippen LogP) is 5.48. The van der Waals surface area contributed by atoms with Crippen molar-refractivity contribution in [3.05, 3.63) is 66.2 Å². The lowest BCUT2D eigenvalue weighted by Crippen LogP contribution is -2.02. The van der Waals surface area contributed by atoms with Crippen LogP contribution in [0.4, 0.5) is 0 Å². The van der Waals surface area contributed by atoms with Crippen molar-refractivity contribution in [3.63, 3.8) is 0 Å². The fraction of sp³-hybridized carbons (Fsp3) is 0. The molecule has 0 heterocycles. The molecule has 0 fully saturated rings. The first-order chi connectivity index (χ1) is 8.49. The summed E-state index contributed by atoms with van der Waals surface area (Å²) in [4.78, 5) is 12.3. The second-order valence-corrected chi connectivity index (χ2v) is 6.00. The molecule has 0 aromatic heterocycles. The van der Waals surface area contributed by atoms with Crippen LogP contribution in [0, 0.1) is 3.57 Å². The van der Waals surface area contributed by atoms with Gasteiger partial charge in [0.25, 0.3) is 0 Å². The van der Waals surface area contributed by atoms with E-state index in [2.05, 4.69) is 22.6 Å². The highest BCUT2D eigenvalue weighted by atomic mass is 127. The maximum Gasteiger partial charge on any atom is 0.194 e. The van der Waals surface area contributed by atoms with Crippen molar-refractivity contribution in [3.8, 4) is 0 Å². The summed E-state index contributed by atoms with van der Waals surface area (Å²) in [6.45, 7) is 0. The zero-order chi connectivity index (χ0) is 13.3. The lowest BCUT2D eigenvalue weighted by atomic mass is 10.0. The Morgan fingerprint density at radius 3 is 2.33 bits per heavy atom. The molecule has 0 amide bonds. The molecule has 0 N–H and O–H groups in total. The van der Waals surface area contributed by atoms with Crippen LogP contribution in [0.1, 0.15) is 15.9 Å². The van der Waals surface area contributed by atoms with Crippen LogP contribution in [0.15, 0.2) is 36.4 Å². The van der Waals surface area contributed by atoms with Crippen molar-refractivity contribution in [1.29, 1.82) is 0 Å². The summed E-state index contributed by atoms with van der Waals surface area (Å²) >= 11 is 20.0. The number of carbonyl (C=O) groups is 1. The number of hydrogen-bond acceptors (Lipinski definition) is 1. The van der Waals surface area contributed by atoms with E-state index in [4.69, 9.17) is 34.8 Å². The van der Waals surface area contributed by atoms with Gasteiger partial charge in [0.05, 0.1) is 10.0 Å². The third-order valence-electron chi connectivity index (χ3n) is 2.35. The lowest BCUT2D eigenvalue weighted by molar-refractivity contribution is 0.103. The summed E-state index contributed by atoms with van der Waals surface area (Å²) in [5.41, 5.74) is 0.867.